The molecule has 3 amide bonds. The lowest BCUT2D eigenvalue weighted by atomic mass is 10.1. The number of aryl methyl sites for hydroxylation is 1. The molecule has 2 aromatic rings. The van der Waals surface area contributed by atoms with Crippen LogP contribution in [-0.2, 0) is 11.2 Å². The van der Waals surface area contributed by atoms with Gasteiger partial charge in [0.2, 0.25) is 11.1 Å². The number of nitrogens with one attached hydrogen (secondary N) is 3. The number of amides is 3. The summed E-state index contributed by atoms with van der Waals surface area (Å²) in [5.74, 6) is 0.326. The van der Waals surface area contributed by atoms with Gasteiger partial charge in [-0.25, -0.2) is 9.78 Å². The number of nitrogens with zero attached hydrogens (tertiary/aromatic N) is 2. The molecule has 7 nitrogen and oxygen atoms in total. The van der Waals surface area contributed by atoms with Gasteiger partial charge in [0.05, 0.1) is 5.75 Å². The Morgan fingerprint density at radius 3 is 2.58 bits per heavy atom. The molecule has 8 heteroatoms. The summed E-state index contributed by atoms with van der Waals surface area (Å²) in [7, 11) is 0. The highest BCUT2D eigenvalue weighted by molar-refractivity contribution is 7.99. The topological polar surface area (TPSA) is 99.8 Å². The SMILES string of the molecule is CCc1ccc(-c2nc(SCC(=O)NC(=O)NC(C)C)n[nH]2)cc1. The Balaban J connectivity index is 1.87. The molecule has 0 aliphatic heterocycles. The number of aromatic amines is 1. The van der Waals surface area contributed by atoms with Crippen LogP contribution in [0.5, 0.6) is 0 Å². The van der Waals surface area contributed by atoms with Crippen LogP contribution < -0.4 is 10.6 Å². The zero-order chi connectivity index (χ0) is 17.5. The van der Waals surface area contributed by atoms with Gasteiger partial charge in [0, 0.05) is 11.6 Å². The van der Waals surface area contributed by atoms with Crippen LogP contribution >= 0.6 is 11.8 Å². The van der Waals surface area contributed by atoms with Crippen LogP contribution in [-0.4, -0.2) is 38.9 Å². The summed E-state index contributed by atoms with van der Waals surface area (Å²) in [6.45, 7) is 5.74. The van der Waals surface area contributed by atoms with Gasteiger partial charge in [-0.05, 0) is 25.8 Å². The second kappa shape index (κ2) is 8.49. The zero-order valence-electron chi connectivity index (χ0n) is 13.9. The van der Waals surface area contributed by atoms with Crippen molar-refractivity contribution < 1.29 is 9.59 Å². The second-order valence-corrected chi connectivity index (χ2v) is 6.42. The van der Waals surface area contributed by atoms with Crippen LogP contribution in [0.25, 0.3) is 11.4 Å². The fourth-order valence-corrected chi connectivity index (χ4v) is 2.53. The third-order valence-corrected chi connectivity index (χ3v) is 3.95. The van der Waals surface area contributed by atoms with Crippen molar-refractivity contribution >= 4 is 23.7 Å². The molecule has 0 fully saturated rings. The van der Waals surface area contributed by atoms with E-state index < -0.39 is 11.9 Å². The normalized spacial score (nSPS) is 10.7. The largest absolute Gasteiger partial charge is 0.336 e. The molecular weight excluding hydrogens is 326 g/mol. The first-order valence-electron chi connectivity index (χ1n) is 7.72. The van der Waals surface area contributed by atoms with Crippen molar-refractivity contribution in [3.63, 3.8) is 0 Å². The summed E-state index contributed by atoms with van der Waals surface area (Å²) in [4.78, 5) is 27.5. The summed E-state index contributed by atoms with van der Waals surface area (Å²) in [6.07, 6.45) is 0.983. The number of hydrogen-bond donors (Lipinski definition) is 3. The first-order valence-corrected chi connectivity index (χ1v) is 8.71. The van der Waals surface area contributed by atoms with Crippen molar-refractivity contribution in [2.24, 2.45) is 0 Å². The Labute approximate surface area is 145 Å². The van der Waals surface area contributed by atoms with E-state index in [0.29, 0.717) is 11.0 Å². The fraction of sp³-hybridized carbons (Fsp3) is 0.375. The molecule has 1 aromatic heterocycles. The number of carbonyl (C=O) groups excluding carboxylic acids is 2. The van der Waals surface area contributed by atoms with Crippen molar-refractivity contribution in [3.8, 4) is 11.4 Å². The van der Waals surface area contributed by atoms with Gasteiger partial charge in [-0.3, -0.25) is 15.2 Å². The van der Waals surface area contributed by atoms with E-state index in [4.69, 9.17) is 0 Å². The second-order valence-electron chi connectivity index (χ2n) is 5.48. The number of thioether (sulfide) groups is 1. The Hall–Kier alpha value is -2.35. The van der Waals surface area contributed by atoms with Gasteiger partial charge >= 0.3 is 6.03 Å². The maximum absolute atomic E-state index is 11.7. The van der Waals surface area contributed by atoms with E-state index in [2.05, 4.69) is 32.7 Å². The first-order chi connectivity index (χ1) is 11.5. The van der Waals surface area contributed by atoms with Crippen LogP contribution in [0.15, 0.2) is 29.4 Å². The molecule has 0 spiro atoms. The first kappa shape index (κ1) is 18.0. The van der Waals surface area contributed by atoms with E-state index in [9.17, 15) is 9.59 Å². The highest BCUT2D eigenvalue weighted by Gasteiger charge is 2.11. The molecule has 2 rings (SSSR count). The molecule has 0 aliphatic rings. The Kier molecular flexibility index (Phi) is 6.36. The number of carbonyl (C=O) groups is 2. The molecule has 3 N–H and O–H groups in total. The van der Waals surface area contributed by atoms with E-state index in [0.717, 1.165) is 12.0 Å². The van der Waals surface area contributed by atoms with Crippen molar-refractivity contribution in [1.82, 2.24) is 25.8 Å². The molecular formula is C16H21N5O2S. The quantitative estimate of drug-likeness (QED) is 0.697. The van der Waals surface area contributed by atoms with Gasteiger partial charge < -0.3 is 5.32 Å². The third-order valence-electron chi connectivity index (χ3n) is 3.11. The van der Waals surface area contributed by atoms with Crippen LogP contribution in [0.4, 0.5) is 4.79 Å². The Bertz CT molecular complexity index is 697. The lowest BCUT2D eigenvalue weighted by molar-refractivity contribution is -0.117. The van der Waals surface area contributed by atoms with Gasteiger partial charge in [0.15, 0.2) is 5.82 Å². The molecule has 0 aliphatic carbocycles. The molecule has 0 unspecified atom stereocenters. The van der Waals surface area contributed by atoms with Crippen molar-refractivity contribution in [3.05, 3.63) is 29.8 Å². The summed E-state index contributed by atoms with van der Waals surface area (Å²) < 4.78 is 0. The molecule has 1 aromatic carbocycles. The number of rotatable bonds is 6. The molecule has 0 bridgehead atoms. The molecule has 1 heterocycles. The lowest BCUT2D eigenvalue weighted by Crippen LogP contribution is -2.43. The number of benzene rings is 1. The zero-order valence-corrected chi connectivity index (χ0v) is 14.7. The third kappa shape index (κ3) is 5.38. The van der Waals surface area contributed by atoms with Gasteiger partial charge in [-0.2, -0.15) is 0 Å². The van der Waals surface area contributed by atoms with Gasteiger partial charge in [-0.15, -0.1) is 5.10 Å². The van der Waals surface area contributed by atoms with E-state index in [-0.39, 0.29) is 11.8 Å². The van der Waals surface area contributed by atoms with Gasteiger partial charge in [0.25, 0.3) is 0 Å². The van der Waals surface area contributed by atoms with Crippen LogP contribution in [0.1, 0.15) is 26.3 Å². The minimum absolute atomic E-state index is 0.0277. The summed E-state index contributed by atoms with van der Waals surface area (Å²) in [6, 6.07) is 7.53. The maximum atomic E-state index is 11.7. The molecule has 24 heavy (non-hydrogen) atoms. The molecule has 0 atom stereocenters. The van der Waals surface area contributed by atoms with Crippen LogP contribution in [0.2, 0.25) is 0 Å². The van der Waals surface area contributed by atoms with Crippen LogP contribution in [0.3, 0.4) is 0 Å². The number of urea groups is 1. The highest BCUT2D eigenvalue weighted by atomic mass is 32.2. The number of aromatic nitrogens is 3. The Morgan fingerprint density at radius 2 is 1.96 bits per heavy atom. The minimum atomic E-state index is -0.498. The monoisotopic (exact) mass is 347 g/mol. The van der Waals surface area contributed by atoms with E-state index in [1.54, 1.807) is 0 Å². The van der Waals surface area contributed by atoms with E-state index in [1.165, 1.54) is 17.3 Å². The average Bonchev–Trinajstić information content (AvgIpc) is 3.01. The van der Waals surface area contributed by atoms with Crippen LogP contribution in [0, 0.1) is 0 Å². The summed E-state index contributed by atoms with van der Waals surface area (Å²) >= 11 is 1.17. The molecule has 0 saturated heterocycles. The van der Waals surface area contributed by atoms with Crippen molar-refractivity contribution in [2.45, 2.75) is 38.4 Å². The highest BCUT2D eigenvalue weighted by Crippen LogP contribution is 2.19. The minimum Gasteiger partial charge on any atom is -0.336 e. The summed E-state index contributed by atoms with van der Waals surface area (Å²) in [5, 5.41) is 12.2. The maximum Gasteiger partial charge on any atom is 0.321 e. The van der Waals surface area contributed by atoms with E-state index >= 15 is 0 Å². The van der Waals surface area contributed by atoms with Gasteiger partial charge in [0.1, 0.15) is 0 Å². The number of H-pyrrole nitrogens is 1. The standard InChI is InChI=1S/C16H21N5O2S/c1-4-11-5-7-12(8-6-11)14-19-16(21-20-14)24-9-13(22)18-15(23)17-10(2)3/h5-8,10H,4,9H2,1-3H3,(H,19,20,21)(H2,17,18,22,23). The lowest BCUT2D eigenvalue weighted by Gasteiger charge is -2.08. The molecule has 0 saturated carbocycles. The number of hydrogen-bond acceptors (Lipinski definition) is 5. The van der Waals surface area contributed by atoms with Crippen molar-refractivity contribution in [2.75, 3.05) is 5.75 Å². The number of imide groups is 1. The van der Waals surface area contributed by atoms with Crippen molar-refractivity contribution in [1.29, 1.82) is 0 Å². The fourth-order valence-electron chi connectivity index (χ4n) is 1.93. The Morgan fingerprint density at radius 1 is 1.25 bits per heavy atom. The average molecular weight is 347 g/mol. The van der Waals surface area contributed by atoms with Gasteiger partial charge in [-0.1, -0.05) is 43.0 Å². The van der Waals surface area contributed by atoms with E-state index in [1.807, 2.05) is 38.1 Å². The predicted octanol–water partition coefficient (Wildman–Crippen LogP) is 2.36. The molecule has 0 radical (unpaired) electrons. The summed E-state index contributed by atoms with van der Waals surface area (Å²) in [5.41, 5.74) is 2.19. The predicted molar refractivity (Wildman–Crippen MR) is 93.7 cm³/mol. The molecule has 128 valence electrons. The smallest absolute Gasteiger partial charge is 0.321 e.